The highest BCUT2D eigenvalue weighted by Gasteiger charge is 2.55. The Bertz CT molecular complexity index is 566. The molecule has 0 aromatic rings. The Labute approximate surface area is 134 Å². The molecule has 2 fully saturated rings. The zero-order valence-electron chi connectivity index (χ0n) is 14.5. The molecule has 3 aliphatic rings. The van der Waals surface area contributed by atoms with Crippen LogP contribution in [-0.4, -0.2) is 11.6 Å². The summed E-state index contributed by atoms with van der Waals surface area (Å²) >= 11 is 0. The van der Waals surface area contributed by atoms with Crippen molar-refractivity contribution in [3.63, 3.8) is 0 Å². The van der Waals surface area contributed by atoms with Crippen molar-refractivity contribution in [2.45, 2.75) is 71.8 Å². The van der Waals surface area contributed by atoms with Crippen LogP contribution in [0.1, 0.15) is 66.2 Å². The lowest BCUT2D eigenvalue weighted by molar-refractivity contribution is -0.0170. The van der Waals surface area contributed by atoms with Gasteiger partial charge in [-0.15, -0.1) is 0 Å². The molecule has 0 heterocycles. The number of aliphatic imine (C=N–C) groups is 1. The lowest BCUT2D eigenvalue weighted by Crippen LogP contribution is -2.53. The van der Waals surface area contributed by atoms with E-state index in [1.165, 1.54) is 37.7 Å². The average molecular weight is 299 g/mol. The first-order valence-electron chi connectivity index (χ1n) is 8.90. The smallest absolute Gasteiger partial charge is 0.211 e. The van der Waals surface area contributed by atoms with Crippen molar-refractivity contribution < 1.29 is 4.79 Å². The van der Waals surface area contributed by atoms with Crippen LogP contribution in [0, 0.1) is 23.2 Å². The summed E-state index contributed by atoms with van der Waals surface area (Å²) in [5.41, 5.74) is 3.26. The number of rotatable bonds is 2. The average Bonchev–Trinajstić information content (AvgIpc) is 2.46. The summed E-state index contributed by atoms with van der Waals surface area (Å²) in [5.74, 6) is 1.79. The van der Waals surface area contributed by atoms with Gasteiger partial charge in [-0.2, -0.15) is 4.99 Å². The molecule has 0 saturated heterocycles. The number of carbonyl (C=O) groups excluding carboxylic acids is 1. The molecular formula is C20H29NO. The van der Waals surface area contributed by atoms with Crippen LogP contribution in [0.2, 0.25) is 0 Å². The number of allylic oxidation sites excluding steroid dienone is 4. The van der Waals surface area contributed by atoms with Crippen LogP contribution in [0.5, 0.6) is 0 Å². The molecule has 120 valence electrons. The summed E-state index contributed by atoms with van der Waals surface area (Å²) in [7, 11) is 0. The zero-order chi connectivity index (χ0) is 16.0. The van der Waals surface area contributed by atoms with Gasteiger partial charge in [0.2, 0.25) is 6.08 Å². The molecule has 2 heteroatoms. The van der Waals surface area contributed by atoms with E-state index in [0.717, 1.165) is 6.42 Å². The Hall–Kier alpha value is -1.14. The van der Waals surface area contributed by atoms with Crippen LogP contribution >= 0.6 is 0 Å². The first kappa shape index (κ1) is 15.7. The van der Waals surface area contributed by atoms with Crippen molar-refractivity contribution in [1.82, 2.24) is 0 Å². The molecule has 3 rings (SSSR count). The van der Waals surface area contributed by atoms with Crippen molar-refractivity contribution in [1.29, 1.82) is 0 Å². The minimum absolute atomic E-state index is 0.192. The fourth-order valence-corrected chi connectivity index (χ4v) is 5.61. The monoisotopic (exact) mass is 299 g/mol. The van der Waals surface area contributed by atoms with Crippen molar-refractivity contribution >= 4 is 6.08 Å². The summed E-state index contributed by atoms with van der Waals surface area (Å²) in [6, 6.07) is 0. The number of nitrogens with zero attached hydrogens (tertiary/aromatic N) is 1. The molecule has 4 atom stereocenters. The van der Waals surface area contributed by atoms with Gasteiger partial charge in [0.15, 0.2) is 0 Å². The first-order chi connectivity index (χ1) is 10.4. The third kappa shape index (κ3) is 2.33. The Balaban J connectivity index is 1.95. The number of isocyanates is 1. The Morgan fingerprint density at radius 1 is 1.32 bits per heavy atom. The maximum Gasteiger partial charge on any atom is 0.235 e. The first-order valence-corrected chi connectivity index (χ1v) is 8.90. The third-order valence-corrected chi connectivity index (χ3v) is 6.82. The topological polar surface area (TPSA) is 29.4 Å². The van der Waals surface area contributed by atoms with Gasteiger partial charge in [-0.3, -0.25) is 0 Å². The standard InChI is InChI=1S/C20H29NO/c1-14(2)15-6-8-17-16(12-15)7-9-18-19(17,3)10-5-11-20(18,4)21-13-22/h6,12,14,17-18H,5,7-11H2,1-4H3/t17-,18-,19-,20-/m1/s1. The molecule has 0 spiro atoms. The van der Waals surface area contributed by atoms with Crippen LogP contribution < -0.4 is 0 Å². The molecule has 0 bridgehead atoms. The summed E-state index contributed by atoms with van der Waals surface area (Å²) in [6.07, 6.45) is 13.8. The Kier molecular flexibility index (Phi) is 3.93. The summed E-state index contributed by atoms with van der Waals surface area (Å²) in [5, 5.41) is 0. The van der Waals surface area contributed by atoms with Crippen molar-refractivity contribution in [3.05, 3.63) is 23.3 Å². The highest BCUT2D eigenvalue weighted by molar-refractivity contribution is 5.37. The third-order valence-electron chi connectivity index (χ3n) is 6.82. The second-order valence-electron chi connectivity index (χ2n) is 8.38. The van der Waals surface area contributed by atoms with Crippen LogP contribution in [0.15, 0.2) is 28.3 Å². The van der Waals surface area contributed by atoms with E-state index in [9.17, 15) is 4.79 Å². The van der Waals surface area contributed by atoms with E-state index in [0.29, 0.717) is 17.8 Å². The second kappa shape index (κ2) is 5.49. The Morgan fingerprint density at radius 2 is 2.09 bits per heavy atom. The molecule has 0 N–H and O–H groups in total. The molecule has 3 aliphatic carbocycles. The van der Waals surface area contributed by atoms with Gasteiger partial charge in [0.25, 0.3) is 0 Å². The van der Waals surface area contributed by atoms with Gasteiger partial charge in [-0.25, -0.2) is 4.79 Å². The van der Waals surface area contributed by atoms with Gasteiger partial charge in [-0.1, -0.05) is 44.9 Å². The van der Waals surface area contributed by atoms with Gasteiger partial charge in [0, 0.05) is 0 Å². The maximum absolute atomic E-state index is 10.9. The predicted octanol–water partition coefficient (Wildman–Crippen LogP) is 5.21. The summed E-state index contributed by atoms with van der Waals surface area (Å²) in [6.45, 7) is 9.22. The van der Waals surface area contributed by atoms with Gasteiger partial charge in [-0.05, 0) is 67.8 Å². The lowest BCUT2D eigenvalue weighted by Gasteiger charge is -2.57. The van der Waals surface area contributed by atoms with Crippen LogP contribution in [0.4, 0.5) is 0 Å². The van der Waals surface area contributed by atoms with E-state index in [1.54, 1.807) is 5.57 Å². The van der Waals surface area contributed by atoms with Crippen LogP contribution in [-0.2, 0) is 4.79 Å². The molecule has 0 aromatic carbocycles. The largest absolute Gasteiger partial charge is 0.235 e. The van der Waals surface area contributed by atoms with Crippen molar-refractivity contribution in [2.24, 2.45) is 28.2 Å². The molecule has 0 unspecified atom stereocenters. The van der Waals surface area contributed by atoms with Gasteiger partial charge in [0.1, 0.15) is 0 Å². The number of hydrogen-bond donors (Lipinski definition) is 0. The SMILES string of the molecule is CC(C)C1=CC[C@@H]2C(=C1)CC[C@@H]1[C@]2(C)CCC[C@@]1(C)N=C=O. The van der Waals surface area contributed by atoms with Gasteiger partial charge >= 0.3 is 0 Å². The van der Waals surface area contributed by atoms with E-state index in [4.69, 9.17) is 0 Å². The lowest BCUT2D eigenvalue weighted by atomic mass is 9.48. The highest BCUT2D eigenvalue weighted by atomic mass is 16.1. The fraction of sp³-hybridized carbons (Fsp3) is 0.750. The van der Waals surface area contributed by atoms with E-state index < -0.39 is 0 Å². The summed E-state index contributed by atoms with van der Waals surface area (Å²) < 4.78 is 0. The highest BCUT2D eigenvalue weighted by Crippen LogP contribution is 2.61. The molecule has 0 radical (unpaired) electrons. The minimum Gasteiger partial charge on any atom is -0.211 e. The van der Waals surface area contributed by atoms with Crippen LogP contribution in [0.25, 0.3) is 0 Å². The number of fused-ring (bicyclic) bond motifs is 3. The Morgan fingerprint density at radius 3 is 2.77 bits per heavy atom. The molecule has 2 saturated carbocycles. The van der Waals surface area contributed by atoms with Crippen LogP contribution in [0.3, 0.4) is 0 Å². The molecule has 0 aliphatic heterocycles. The zero-order valence-corrected chi connectivity index (χ0v) is 14.5. The van der Waals surface area contributed by atoms with E-state index in [1.807, 2.05) is 6.08 Å². The molecule has 0 aromatic heterocycles. The second-order valence-corrected chi connectivity index (χ2v) is 8.38. The van der Waals surface area contributed by atoms with E-state index >= 15 is 0 Å². The molecule has 2 nitrogen and oxygen atoms in total. The van der Waals surface area contributed by atoms with Crippen molar-refractivity contribution in [3.8, 4) is 0 Å². The maximum atomic E-state index is 10.9. The fourth-order valence-electron chi connectivity index (χ4n) is 5.61. The van der Waals surface area contributed by atoms with E-state index in [2.05, 4.69) is 44.8 Å². The number of hydrogen-bond acceptors (Lipinski definition) is 2. The quantitative estimate of drug-likeness (QED) is 0.508. The molecular weight excluding hydrogens is 270 g/mol. The van der Waals surface area contributed by atoms with Gasteiger partial charge < -0.3 is 0 Å². The van der Waals surface area contributed by atoms with Gasteiger partial charge in [0.05, 0.1) is 5.54 Å². The predicted molar refractivity (Wildman–Crippen MR) is 90.3 cm³/mol. The van der Waals surface area contributed by atoms with Crippen molar-refractivity contribution in [2.75, 3.05) is 0 Å². The summed E-state index contributed by atoms with van der Waals surface area (Å²) in [4.78, 5) is 15.2. The minimum atomic E-state index is -0.192. The van der Waals surface area contributed by atoms with E-state index in [-0.39, 0.29) is 11.0 Å². The normalized spacial score (nSPS) is 41.0. The molecule has 22 heavy (non-hydrogen) atoms. The molecule has 0 amide bonds.